The SMILES string of the molecule is c1ccc(-c2ccc(-c3nc(-c4ccccc4)nc(-c4ccc(-c5ccc(-c6cccc(-c7cccc8c7C7(CCCCC7)c7ccccc7-8)c6)cc5)cc4)n3)cc2)cc1.c1ccc(-c2ccc(-c3nc(-c4ccccc4)nc(-c4ccc(-c5cccc(-c6ccc(-c7cccc8c7C7(CCCCC7)c7ccccc7-8)cc6)c5)cc4)n3)cc2)cc1. The lowest BCUT2D eigenvalue weighted by molar-refractivity contribution is 0.353. The molecule has 18 aromatic rings. The molecule has 4 aliphatic rings. The van der Waals surface area contributed by atoms with Crippen molar-refractivity contribution in [2.24, 2.45) is 0 Å². The van der Waals surface area contributed by atoms with Gasteiger partial charge in [0.2, 0.25) is 0 Å². The summed E-state index contributed by atoms with van der Waals surface area (Å²) in [5, 5.41) is 0. The number of benzene rings is 16. The van der Waals surface area contributed by atoms with Gasteiger partial charge in [-0.3, -0.25) is 0 Å². The summed E-state index contributed by atoms with van der Waals surface area (Å²) in [6.45, 7) is 0. The topological polar surface area (TPSA) is 77.3 Å². The quantitative estimate of drug-likeness (QED) is 0.108. The monoisotopic (exact) mass is 1540 g/mol. The molecule has 572 valence electrons. The minimum Gasteiger partial charge on any atom is -0.208 e. The van der Waals surface area contributed by atoms with Crippen molar-refractivity contribution >= 4 is 0 Å². The fourth-order valence-corrected chi connectivity index (χ4v) is 19.6. The van der Waals surface area contributed by atoms with Crippen LogP contribution in [0.15, 0.2) is 400 Å². The molecule has 0 aliphatic heterocycles. The highest BCUT2D eigenvalue weighted by Crippen LogP contribution is 2.60. The summed E-state index contributed by atoms with van der Waals surface area (Å²) in [5.41, 5.74) is 37.3. The third-order valence-corrected chi connectivity index (χ3v) is 25.5. The van der Waals surface area contributed by atoms with E-state index >= 15 is 0 Å². The van der Waals surface area contributed by atoms with Gasteiger partial charge in [-0.2, -0.15) is 0 Å². The van der Waals surface area contributed by atoms with Crippen molar-refractivity contribution < 1.29 is 0 Å². The van der Waals surface area contributed by atoms with Crippen molar-refractivity contribution in [2.75, 3.05) is 0 Å². The van der Waals surface area contributed by atoms with Crippen LogP contribution in [0.4, 0.5) is 0 Å². The van der Waals surface area contributed by atoms with E-state index in [1.165, 1.54) is 164 Å². The molecule has 22 rings (SSSR count). The van der Waals surface area contributed by atoms with Crippen molar-refractivity contribution in [1.29, 1.82) is 0 Å². The predicted molar refractivity (Wildman–Crippen MR) is 494 cm³/mol. The predicted octanol–water partition coefficient (Wildman–Crippen LogP) is 29.5. The maximum Gasteiger partial charge on any atom is 0.164 e. The third-order valence-electron chi connectivity index (χ3n) is 25.5. The van der Waals surface area contributed by atoms with E-state index in [1.807, 2.05) is 72.8 Å². The number of hydrogen-bond acceptors (Lipinski definition) is 6. The zero-order valence-electron chi connectivity index (χ0n) is 66.9. The third kappa shape index (κ3) is 13.9. The van der Waals surface area contributed by atoms with E-state index in [0.717, 1.165) is 55.6 Å². The first-order valence-electron chi connectivity index (χ1n) is 42.5. The first-order chi connectivity index (χ1) is 59.4. The number of aromatic nitrogens is 6. The summed E-state index contributed by atoms with van der Waals surface area (Å²) in [5.74, 6) is 3.90. The van der Waals surface area contributed by atoms with E-state index in [0.29, 0.717) is 34.9 Å². The summed E-state index contributed by atoms with van der Waals surface area (Å²) in [7, 11) is 0. The van der Waals surface area contributed by atoms with Crippen molar-refractivity contribution in [3.05, 3.63) is 423 Å². The lowest BCUT2D eigenvalue weighted by Crippen LogP contribution is -2.28. The van der Waals surface area contributed by atoms with Gasteiger partial charge in [-0.1, -0.05) is 427 Å². The fourth-order valence-electron chi connectivity index (χ4n) is 19.6. The van der Waals surface area contributed by atoms with Gasteiger partial charge in [-0.15, -0.1) is 0 Å². The van der Waals surface area contributed by atoms with Crippen LogP contribution >= 0.6 is 0 Å². The summed E-state index contributed by atoms with van der Waals surface area (Å²) in [4.78, 5) is 29.9. The molecule has 0 atom stereocenters. The van der Waals surface area contributed by atoms with Crippen LogP contribution in [-0.4, -0.2) is 29.9 Å². The summed E-state index contributed by atoms with van der Waals surface area (Å²) in [6.07, 6.45) is 12.7. The zero-order chi connectivity index (χ0) is 79.8. The van der Waals surface area contributed by atoms with Gasteiger partial charge in [0.1, 0.15) is 0 Å². The van der Waals surface area contributed by atoms with Crippen LogP contribution in [0, 0.1) is 0 Å². The second kappa shape index (κ2) is 31.9. The molecule has 16 aromatic carbocycles. The first-order valence-corrected chi connectivity index (χ1v) is 42.5. The second-order valence-electron chi connectivity index (χ2n) is 32.5. The minimum absolute atomic E-state index is 0.110. The molecule has 2 heterocycles. The van der Waals surface area contributed by atoms with Crippen molar-refractivity contribution in [3.63, 3.8) is 0 Å². The number of hydrogen-bond donors (Lipinski definition) is 0. The average molecular weight is 1540 g/mol. The van der Waals surface area contributed by atoms with Gasteiger partial charge >= 0.3 is 0 Å². The van der Waals surface area contributed by atoms with E-state index in [9.17, 15) is 0 Å². The molecule has 0 N–H and O–H groups in total. The van der Waals surface area contributed by atoms with E-state index in [1.54, 1.807) is 11.1 Å². The van der Waals surface area contributed by atoms with Crippen LogP contribution < -0.4 is 0 Å². The Bertz CT molecular complexity index is 6760. The molecule has 0 unspecified atom stereocenters. The van der Waals surface area contributed by atoms with Crippen LogP contribution in [0.5, 0.6) is 0 Å². The maximum atomic E-state index is 5.02. The van der Waals surface area contributed by atoms with E-state index in [4.69, 9.17) is 29.9 Å². The van der Waals surface area contributed by atoms with Gasteiger partial charge in [0, 0.05) is 44.2 Å². The van der Waals surface area contributed by atoms with E-state index < -0.39 is 0 Å². The average Bonchev–Trinajstić information content (AvgIpc) is 1.56. The standard InChI is InChI=1S/2C57H43N3/c1-4-14-39(15-5-1)40-26-32-45(33-27-40)55-58-54(44-16-6-2-7-17-44)59-56(60-55)46-34-28-42(29-35-46)48-19-12-18-47(38-48)41-24-30-43(31-25-41)49-21-13-22-51-50-20-8-9-23-52(50)57(53(49)51)36-10-3-11-37-57;1-4-14-39(15-5-1)40-28-32-45(33-29-40)55-58-54(44-16-6-2-7-17-44)59-56(60-55)46-34-30-42(31-35-46)41-24-26-43(27-25-41)47-18-12-19-48(38-47)49-21-13-22-51-50-20-8-9-23-52(50)57(53(49)51)36-10-3-11-37-57/h2*1-2,4-9,12-35,38H,3,10-11,36-37H2. The lowest BCUT2D eigenvalue weighted by atomic mass is 9.66. The summed E-state index contributed by atoms with van der Waals surface area (Å²) in [6, 6.07) is 144. The van der Waals surface area contributed by atoms with Crippen molar-refractivity contribution in [3.8, 4) is 180 Å². The van der Waals surface area contributed by atoms with Crippen LogP contribution in [0.25, 0.3) is 180 Å². The molecule has 0 saturated heterocycles. The molecule has 120 heavy (non-hydrogen) atoms. The molecule has 0 radical (unpaired) electrons. The largest absolute Gasteiger partial charge is 0.208 e. The Morgan fingerprint density at radius 2 is 0.342 bits per heavy atom. The molecule has 2 fully saturated rings. The van der Waals surface area contributed by atoms with Crippen molar-refractivity contribution in [2.45, 2.75) is 75.0 Å². The Morgan fingerprint density at radius 3 is 0.667 bits per heavy atom. The number of rotatable bonds is 14. The van der Waals surface area contributed by atoms with Crippen LogP contribution in [0.1, 0.15) is 86.5 Å². The molecule has 6 heteroatoms. The Labute approximate surface area is 702 Å². The Morgan fingerprint density at radius 1 is 0.142 bits per heavy atom. The normalized spacial score (nSPS) is 13.8. The van der Waals surface area contributed by atoms with Gasteiger partial charge in [0.25, 0.3) is 0 Å². The molecule has 0 bridgehead atoms. The fraction of sp³-hybridized carbons (Fsp3) is 0.105. The highest BCUT2D eigenvalue weighted by molar-refractivity contribution is 5.92. The lowest BCUT2D eigenvalue weighted by Gasteiger charge is -2.37. The molecule has 0 amide bonds. The summed E-state index contributed by atoms with van der Waals surface area (Å²) < 4.78 is 0. The number of nitrogens with zero attached hydrogens (tertiary/aromatic N) is 6. The maximum absolute atomic E-state index is 5.02. The van der Waals surface area contributed by atoms with E-state index in [2.05, 4.69) is 328 Å². The van der Waals surface area contributed by atoms with Crippen LogP contribution in [0.3, 0.4) is 0 Å². The molecule has 4 aliphatic carbocycles. The van der Waals surface area contributed by atoms with Crippen molar-refractivity contribution in [1.82, 2.24) is 29.9 Å². The van der Waals surface area contributed by atoms with Crippen LogP contribution in [-0.2, 0) is 10.8 Å². The van der Waals surface area contributed by atoms with Crippen LogP contribution in [0.2, 0.25) is 0 Å². The molecule has 2 spiro atoms. The van der Waals surface area contributed by atoms with Gasteiger partial charge in [0.05, 0.1) is 0 Å². The Balaban J connectivity index is 0.000000148. The highest BCUT2D eigenvalue weighted by Gasteiger charge is 2.47. The molecule has 2 aromatic heterocycles. The zero-order valence-corrected chi connectivity index (χ0v) is 66.9. The van der Waals surface area contributed by atoms with Gasteiger partial charge in [-0.25, -0.2) is 29.9 Å². The highest BCUT2D eigenvalue weighted by atomic mass is 15.0. The first kappa shape index (κ1) is 73.2. The Kier molecular flexibility index (Phi) is 19.4. The number of fused-ring (bicyclic) bond motifs is 10. The second-order valence-corrected chi connectivity index (χ2v) is 32.5. The van der Waals surface area contributed by atoms with Gasteiger partial charge in [-0.05, 0) is 171 Å². The molecule has 6 nitrogen and oxygen atoms in total. The smallest absolute Gasteiger partial charge is 0.164 e. The Hall–Kier alpha value is -14.5. The molecule has 2 saturated carbocycles. The molecular formula is C114H86N6. The summed E-state index contributed by atoms with van der Waals surface area (Å²) >= 11 is 0. The molecular weight excluding hydrogens is 1450 g/mol. The van der Waals surface area contributed by atoms with Gasteiger partial charge < -0.3 is 0 Å². The van der Waals surface area contributed by atoms with E-state index in [-0.39, 0.29) is 10.8 Å². The van der Waals surface area contributed by atoms with Gasteiger partial charge in [0.15, 0.2) is 34.9 Å². The minimum atomic E-state index is 0.110.